The van der Waals surface area contributed by atoms with Gasteiger partial charge in [-0.05, 0) is 68.0 Å². The lowest BCUT2D eigenvalue weighted by Crippen LogP contribution is -2.26. The standard InChI is InChI=1S/C18H22FN/c1-12-8-13(2)18(14(3)9-12)11-17(20)10-15-4-6-16(19)7-5-15/h4-9,17H,10-11,20H2,1-3H3. The fraction of sp³-hybridized carbons (Fsp3) is 0.333. The van der Waals surface area contributed by atoms with Crippen molar-refractivity contribution in [1.82, 2.24) is 0 Å². The predicted octanol–water partition coefficient (Wildman–Crippen LogP) is 3.86. The number of aryl methyl sites for hydroxylation is 3. The minimum absolute atomic E-state index is 0.0561. The van der Waals surface area contributed by atoms with Gasteiger partial charge in [-0.25, -0.2) is 4.39 Å². The molecule has 2 aromatic carbocycles. The first-order valence-electron chi connectivity index (χ1n) is 7.02. The Balaban J connectivity index is 2.08. The van der Waals surface area contributed by atoms with Crippen LogP contribution in [0.5, 0.6) is 0 Å². The van der Waals surface area contributed by atoms with Gasteiger partial charge in [0.15, 0.2) is 0 Å². The van der Waals surface area contributed by atoms with Gasteiger partial charge in [0.1, 0.15) is 5.82 Å². The van der Waals surface area contributed by atoms with Crippen LogP contribution in [-0.4, -0.2) is 6.04 Å². The van der Waals surface area contributed by atoms with Crippen molar-refractivity contribution in [3.05, 3.63) is 70.0 Å². The van der Waals surface area contributed by atoms with Gasteiger partial charge >= 0.3 is 0 Å². The lowest BCUT2D eigenvalue weighted by atomic mass is 9.92. The lowest BCUT2D eigenvalue weighted by Gasteiger charge is -2.16. The quantitative estimate of drug-likeness (QED) is 0.897. The van der Waals surface area contributed by atoms with Crippen molar-refractivity contribution >= 4 is 0 Å². The first-order valence-corrected chi connectivity index (χ1v) is 7.02. The number of nitrogens with two attached hydrogens (primary N) is 1. The Morgan fingerprint density at radius 1 is 0.950 bits per heavy atom. The van der Waals surface area contributed by atoms with Gasteiger partial charge in [-0.2, -0.15) is 0 Å². The van der Waals surface area contributed by atoms with Crippen molar-refractivity contribution in [2.24, 2.45) is 5.73 Å². The van der Waals surface area contributed by atoms with E-state index in [2.05, 4.69) is 32.9 Å². The summed E-state index contributed by atoms with van der Waals surface area (Å²) in [6.45, 7) is 6.39. The monoisotopic (exact) mass is 271 g/mol. The summed E-state index contributed by atoms with van der Waals surface area (Å²) in [5, 5.41) is 0. The van der Waals surface area contributed by atoms with Crippen LogP contribution in [0.4, 0.5) is 4.39 Å². The molecule has 0 saturated heterocycles. The third-order valence-electron chi connectivity index (χ3n) is 3.72. The first-order chi connectivity index (χ1) is 9.45. The summed E-state index contributed by atoms with van der Waals surface area (Å²) in [7, 11) is 0. The minimum atomic E-state index is -0.201. The molecule has 2 heteroatoms. The van der Waals surface area contributed by atoms with Crippen molar-refractivity contribution < 1.29 is 4.39 Å². The molecule has 0 heterocycles. The molecule has 0 saturated carbocycles. The van der Waals surface area contributed by atoms with Gasteiger partial charge in [0, 0.05) is 6.04 Å². The van der Waals surface area contributed by atoms with E-state index < -0.39 is 0 Å². The van der Waals surface area contributed by atoms with Gasteiger partial charge in [-0.3, -0.25) is 0 Å². The molecule has 2 aromatic rings. The van der Waals surface area contributed by atoms with Crippen LogP contribution in [0.2, 0.25) is 0 Å². The Morgan fingerprint density at radius 3 is 2.05 bits per heavy atom. The van der Waals surface area contributed by atoms with Crippen molar-refractivity contribution in [3.8, 4) is 0 Å². The van der Waals surface area contributed by atoms with Gasteiger partial charge in [-0.15, -0.1) is 0 Å². The molecule has 0 aliphatic carbocycles. The Morgan fingerprint density at radius 2 is 1.50 bits per heavy atom. The first kappa shape index (κ1) is 14.7. The van der Waals surface area contributed by atoms with Crippen molar-refractivity contribution in [1.29, 1.82) is 0 Å². The van der Waals surface area contributed by atoms with E-state index in [0.29, 0.717) is 0 Å². The van der Waals surface area contributed by atoms with Crippen LogP contribution < -0.4 is 5.73 Å². The number of hydrogen-bond acceptors (Lipinski definition) is 1. The molecule has 2 N–H and O–H groups in total. The van der Waals surface area contributed by atoms with Gasteiger partial charge in [0.05, 0.1) is 0 Å². The molecule has 0 spiro atoms. The molecule has 0 radical (unpaired) electrons. The fourth-order valence-electron chi connectivity index (χ4n) is 2.79. The predicted molar refractivity (Wildman–Crippen MR) is 82.4 cm³/mol. The van der Waals surface area contributed by atoms with Crippen molar-refractivity contribution in [2.45, 2.75) is 39.7 Å². The van der Waals surface area contributed by atoms with Crippen molar-refractivity contribution in [3.63, 3.8) is 0 Å². The summed E-state index contributed by atoms with van der Waals surface area (Å²) in [6.07, 6.45) is 1.63. The fourth-order valence-corrected chi connectivity index (χ4v) is 2.79. The molecule has 1 nitrogen and oxygen atoms in total. The van der Waals surface area contributed by atoms with E-state index >= 15 is 0 Å². The number of benzene rings is 2. The molecule has 0 aliphatic heterocycles. The van der Waals surface area contributed by atoms with E-state index in [-0.39, 0.29) is 11.9 Å². The number of hydrogen-bond donors (Lipinski definition) is 1. The van der Waals surface area contributed by atoms with E-state index in [1.54, 1.807) is 0 Å². The second-order valence-corrected chi connectivity index (χ2v) is 5.67. The molecule has 0 amide bonds. The zero-order chi connectivity index (χ0) is 14.7. The highest BCUT2D eigenvalue weighted by Crippen LogP contribution is 2.18. The third kappa shape index (κ3) is 3.67. The molecule has 0 aromatic heterocycles. The average molecular weight is 271 g/mol. The molecule has 0 aliphatic rings. The van der Waals surface area contributed by atoms with Crippen LogP contribution >= 0.6 is 0 Å². The summed E-state index contributed by atoms with van der Waals surface area (Å²) in [5.74, 6) is -0.201. The SMILES string of the molecule is Cc1cc(C)c(CC(N)Cc2ccc(F)cc2)c(C)c1. The van der Waals surface area contributed by atoms with E-state index in [0.717, 1.165) is 18.4 Å². The zero-order valence-corrected chi connectivity index (χ0v) is 12.4. The molecule has 1 unspecified atom stereocenters. The molecule has 0 fully saturated rings. The van der Waals surface area contributed by atoms with E-state index in [9.17, 15) is 4.39 Å². The van der Waals surface area contributed by atoms with Gasteiger partial charge in [-0.1, -0.05) is 29.8 Å². The van der Waals surface area contributed by atoms with Crippen LogP contribution in [0.15, 0.2) is 36.4 Å². The minimum Gasteiger partial charge on any atom is -0.327 e. The normalized spacial score (nSPS) is 12.4. The highest BCUT2D eigenvalue weighted by atomic mass is 19.1. The molecule has 2 rings (SSSR count). The van der Waals surface area contributed by atoms with E-state index in [4.69, 9.17) is 5.73 Å². The summed E-state index contributed by atoms with van der Waals surface area (Å²) < 4.78 is 12.9. The Hall–Kier alpha value is -1.67. The van der Waals surface area contributed by atoms with Crippen LogP contribution in [0.1, 0.15) is 27.8 Å². The van der Waals surface area contributed by atoms with Crippen LogP contribution in [-0.2, 0) is 12.8 Å². The van der Waals surface area contributed by atoms with Crippen molar-refractivity contribution in [2.75, 3.05) is 0 Å². The summed E-state index contributed by atoms with van der Waals surface area (Å²) in [6, 6.07) is 11.1. The summed E-state index contributed by atoms with van der Waals surface area (Å²) in [4.78, 5) is 0. The largest absolute Gasteiger partial charge is 0.327 e. The van der Waals surface area contributed by atoms with E-state index in [1.165, 1.54) is 34.4 Å². The molecule has 1 atom stereocenters. The number of halogens is 1. The maximum Gasteiger partial charge on any atom is 0.123 e. The molecule has 20 heavy (non-hydrogen) atoms. The Kier molecular flexibility index (Phi) is 4.56. The smallest absolute Gasteiger partial charge is 0.123 e. The van der Waals surface area contributed by atoms with Crippen LogP contribution in [0.25, 0.3) is 0 Å². The topological polar surface area (TPSA) is 26.0 Å². The van der Waals surface area contributed by atoms with Gasteiger partial charge in [0.25, 0.3) is 0 Å². The van der Waals surface area contributed by atoms with Crippen LogP contribution in [0, 0.1) is 26.6 Å². The average Bonchev–Trinajstić information content (AvgIpc) is 2.36. The molecular weight excluding hydrogens is 249 g/mol. The molecule has 106 valence electrons. The third-order valence-corrected chi connectivity index (χ3v) is 3.72. The summed E-state index contributed by atoms with van der Waals surface area (Å²) in [5.41, 5.74) is 12.6. The van der Waals surface area contributed by atoms with Gasteiger partial charge < -0.3 is 5.73 Å². The Labute approximate surface area is 120 Å². The van der Waals surface area contributed by atoms with E-state index in [1.807, 2.05) is 12.1 Å². The summed E-state index contributed by atoms with van der Waals surface area (Å²) >= 11 is 0. The maximum atomic E-state index is 12.9. The number of rotatable bonds is 4. The highest BCUT2D eigenvalue weighted by molar-refractivity contribution is 5.38. The zero-order valence-electron chi connectivity index (χ0n) is 12.4. The van der Waals surface area contributed by atoms with Crippen LogP contribution in [0.3, 0.4) is 0 Å². The van der Waals surface area contributed by atoms with Gasteiger partial charge in [0.2, 0.25) is 0 Å². The highest BCUT2D eigenvalue weighted by Gasteiger charge is 2.10. The molecule has 0 bridgehead atoms. The molecular formula is C18H22FN. The second-order valence-electron chi connectivity index (χ2n) is 5.67. The maximum absolute atomic E-state index is 12.9. The Bertz CT molecular complexity index is 564. The lowest BCUT2D eigenvalue weighted by molar-refractivity contribution is 0.623. The second kappa shape index (κ2) is 6.19.